The molecule has 124 valence electrons. The van der Waals surface area contributed by atoms with Crippen molar-refractivity contribution < 1.29 is 13.9 Å². The Hall–Kier alpha value is -2.67. The fraction of sp³-hybridized carbons (Fsp3) is 0.353. The average Bonchev–Trinajstić information content (AvgIpc) is 3.20. The van der Waals surface area contributed by atoms with Gasteiger partial charge in [0.25, 0.3) is 5.91 Å². The summed E-state index contributed by atoms with van der Waals surface area (Å²) in [7, 11) is 0. The van der Waals surface area contributed by atoms with Crippen LogP contribution in [0.5, 0.6) is 0 Å². The molecule has 7 heteroatoms. The van der Waals surface area contributed by atoms with Crippen LogP contribution in [0, 0.1) is 13.8 Å². The summed E-state index contributed by atoms with van der Waals surface area (Å²) in [6, 6.07) is 5.67. The molecule has 0 aliphatic carbocycles. The molecule has 0 saturated carbocycles. The van der Waals surface area contributed by atoms with E-state index >= 15 is 0 Å². The van der Waals surface area contributed by atoms with E-state index in [2.05, 4.69) is 15.2 Å². The highest BCUT2D eigenvalue weighted by Crippen LogP contribution is 2.28. The Bertz CT molecular complexity index is 898. The summed E-state index contributed by atoms with van der Waals surface area (Å²) in [6.07, 6.45) is 1.76. The van der Waals surface area contributed by atoms with Crippen LogP contribution < -0.4 is 0 Å². The number of ether oxygens (including phenoxy) is 1. The first-order valence-electron chi connectivity index (χ1n) is 7.90. The minimum absolute atomic E-state index is 0.0593. The van der Waals surface area contributed by atoms with Crippen LogP contribution in [0.3, 0.4) is 0 Å². The lowest BCUT2D eigenvalue weighted by Gasteiger charge is -2.33. The van der Waals surface area contributed by atoms with Crippen LogP contribution in [0.15, 0.2) is 28.8 Å². The third-order valence-corrected chi connectivity index (χ3v) is 4.28. The van der Waals surface area contributed by atoms with Gasteiger partial charge >= 0.3 is 0 Å². The lowest BCUT2D eigenvalue weighted by atomic mass is 10.1. The second kappa shape index (κ2) is 5.76. The van der Waals surface area contributed by atoms with Crippen molar-refractivity contribution in [2.24, 2.45) is 0 Å². The summed E-state index contributed by atoms with van der Waals surface area (Å²) >= 11 is 0. The van der Waals surface area contributed by atoms with Crippen molar-refractivity contribution in [3.05, 3.63) is 47.3 Å². The van der Waals surface area contributed by atoms with Gasteiger partial charge in [0.05, 0.1) is 18.8 Å². The Morgan fingerprint density at radius 2 is 2.21 bits per heavy atom. The van der Waals surface area contributed by atoms with E-state index in [9.17, 15) is 4.79 Å². The zero-order valence-corrected chi connectivity index (χ0v) is 13.6. The topological polar surface area (TPSA) is 84.2 Å². The number of aryl methyl sites for hydroxylation is 2. The highest BCUT2D eigenvalue weighted by Gasteiger charge is 2.33. The maximum atomic E-state index is 13.1. The molecule has 3 heterocycles. The quantitative estimate of drug-likeness (QED) is 0.781. The number of fused-ring (bicyclic) bond motifs is 1. The van der Waals surface area contributed by atoms with Crippen LogP contribution in [0.1, 0.15) is 33.7 Å². The summed E-state index contributed by atoms with van der Waals surface area (Å²) in [5, 5.41) is 8.85. The number of carbonyl (C=O) groups excluding carboxylic acids is 1. The third-order valence-electron chi connectivity index (χ3n) is 4.28. The van der Waals surface area contributed by atoms with Gasteiger partial charge in [0.1, 0.15) is 6.04 Å². The van der Waals surface area contributed by atoms with E-state index in [-0.39, 0.29) is 11.9 Å². The molecular formula is C17H18N4O3. The number of nitrogens with one attached hydrogen (secondary N) is 1. The van der Waals surface area contributed by atoms with Crippen molar-refractivity contribution in [3.63, 3.8) is 0 Å². The highest BCUT2D eigenvalue weighted by molar-refractivity contribution is 6.07. The van der Waals surface area contributed by atoms with Crippen LogP contribution in [0.2, 0.25) is 0 Å². The minimum atomic E-state index is -0.359. The summed E-state index contributed by atoms with van der Waals surface area (Å²) in [5.74, 6) is 0.832. The number of nitrogens with zero attached hydrogens (tertiary/aromatic N) is 3. The van der Waals surface area contributed by atoms with E-state index in [4.69, 9.17) is 9.15 Å². The maximum Gasteiger partial charge on any atom is 0.256 e. The Morgan fingerprint density at radius 3 is 3.00 bits per heavy atom. The van der Waals surface area contributed by atoms with E-state index in [1.54, 1.807) is 18.0 Å². The van der Waals surface area contributed by atoms with Crippen molar-refractivity contribution >= 4 is 16.8 Å². The lowest BCUT2D eigenvalue weighted by Crippen LogP contribution is -2.43. The SMILES string of the molecule is Cc1ccc2[nH]cc(C(=O)N3CCOC[C@H]3c3nnc(C)o3)c2c1. The molecule has 1 amide bonds. The van der Waals surface area contributed by atoms with E-state index < -0.39 is 0 Å². The molecule has 4 rings (SSSR count). The maximum absolute atomic E-state index is 13.1. The molecule has 0 unspecified atom stereocenters. The van der Waals surface area contributed by atoms with Crippen LogP contribution in [-0.2, 0) is 4.74 Å². The number of morpholine rings is 1. The van der Waals surface area contributed by atoms with Crippen molar-refractivity contribution in [1.29, 1.82) is 0 Å². The monoisotopic (exact) mass is 326 g/mol. The molecule has 7 nitrogen and oxygen atoms in total. The van der Waals surface area contributed by atoms with Crippen molar-refractivity contribution in [2.45, 2.75) is 19.9 Å². The number of H-pyrrole nitrogens is 1. The molecule has 24 heavy (non-hydrogen) atoms. The molecule has 0 spiro atoms. The van der Waals surface area contributed by atoms with Gasteiger partial charge in [-0.2, -0.15) is 0 Å². The molecule has 1 atom stereocenters. The molecule has 0 radical (unpaired) electrons. The van der Waals surface area contributed by atoms with Gasteiger partial charge in [0, 0.05) is 30.6 Å². The normalized spacial score (nSPS) is 18.2. The fourth-order valence-electron chi connectivity index (χ4n) is 3.06. The smallest absolute Gasteiger partial charge is 0.256 e. The first-order valence-corrected chi connectivity index (χ1v) is 7.90. The molecule has 0 bridgehead atoms. The number of rotatable bonds is 2. The predicted molar refractivity (Wildman–Crippen MR) is 86.7 cm³/mol. The first kappa shape index (κ1) is 14.9. The fourth-order valence-corrected chi connectivity index (χ4v) is 3.06. The van der Waals surface area contributed by atoms with Crippen LogP contribution >= 0.6 is 0 Å². The molecule has 3 aromatic rings. The largest absolute Gasteiger partial charge is 0.423 e. The number of carbonyl (C=O) groups is 1. The zero-order valence-electron chi connectivity index (χ0n) is 13.6. The number of aromatic nitrogens is 3. The molecule has 2 aromatic heterocycles. The Balaban J connectivity index is 1.71. The second-order valence-corrected chi connectivity index (χ2v) is 6.00. The summed E-state index contributed by atoms with van der Waals surface area (Å²) in [5.41, 5.74) is 2.71. The number of benzene rings is 1. The van der Waals surface area contributed by atoms with Gasteiger partial charge in [-0.05, 0) is 19.1 Å². The number of hydrogen-bond donors (Lipinski definition) is 1. The highest BCUT2D eigenvalue weighted by atomic mass is 16.5. The van der Waals surface area contributed by atoms with E-state index in [0.717, 1.165) is 16.5 Å². The van der Waals surface area contributed by atoms with E-state index in [0.29, 0.717) is 37.1 Å². The number of amides is 1. The Kier molecular flexibility index (Phi) is 3.57. The molecular weight excluding hydrogens is 308 g/mol. The van der Waals surface area contributed by atoms with Crippen molar-refractivity contribution in [2.75, 3.05) is 19.8 Å². The summed E-state index contributed by atoms with van der Waals surface area (Å²) < 4.78 is 11.0. The predicted octanol–water partition coefficient (Wildman–Crippen LogP) is 2.38. The molecule has 1 fully saturated rings. The second-order valence-electron chi connectivity index (χ2n) is 6.00. The standard InChI is InChI=1S/C17H18N4O3/c1-10-3-4-14-12(7-10)13(8-18-14)17(22)21-5-6-23-9-15(21)16-20-19-11(2)24-16/h3-4,7-8,15,18H,5-6,9H2,1-2H3/t15-/m0/s1. The first-order chi connectivity index (χ1) is 11.6. The molecule has 1 aliphatic rings. The van der Waals surface area contributed by atoms with Crippen LogP contribution in [0.25, 0.3) is 10.9 Å². The van der Waals surface area contributed by atoms with Crippen LogP contribution in [-0.4, -0.2) is 45.7 Å². The van der Waals surface area contributed by atoms with E-state index in [1.165, 1.54) is 0 Å². The van der Waals surface area contributed by atoms with Crippen molar-refractivity contribution in [3.8, 4) is 0 Å². The van der Waals surface area contributed by atoms with Crippen molar-refractivity contribution in [1.82, 2.24) is 20.1 Å². The average molecular weight is 326 g/mol. The third kappa shape index (κ3) is 2.46. The molecule has 1 aromatic carbocycles. The minimum Gasteiger partial charge on any atom is -0.423 e. The Morgan fingerprint density at radius 1 is 1.33 bits per heavy atom. The molecule has 1 N–H and O–H groups in total. The molecule has 1 aliphatic heterocycles. The molecule has 1 saturated heterocycles. The van der Waals surface area contributed by atoms with Gasteiger partial charge < -0.3 is 19.0 Å². The van der Waals surface area contributed by atoms with Gasteiger partial charge in [-0.25, -0.2) is 0 Å². The van der Waals surface area contributed by atoms with E-state index in [1.807, 2.05) is 25.1 Å². The van der Waals surface area contributed by atoms with Gasteiger partial charge in [-0.1, -0.05) is 11.6 Å². The number of hydrogen-bond acceptors (Lipinski definition) is 5. The van der Waals surface area contributed by atoms with Gasteiger partial charge in [0.2, 0.25) is 11.8 Å². The summed E-state index contributed by atoms with van der Waals surface area (Å²) in [4.78, 5) is 18.1. The zero-order chi connectivity index (χ0) is 16.7. The Labute approximate surface area is 138 Å². The van der Waals surface area contributed by atoms with Gasteiger partial charge in [-0.15, -0.1) is 10.2 Å². The number of aromatic amines is 1. The summed E-state index contributed by atoms with van der Waals surface area (Å²) in [6.45, 7) is 5.09. The van der Waals surface area contributed by atoms with Gasteiger partial charge in [-0.3, -0.25) is 4.79 Å². The van der Waals surface area contributed by atoms with Crippen LogP contribution in [0.4, 0.5) is 0 Å². The van der Waals surface area contributed by atoms with Gasteiger partial charge in [0.15, 0.2) is 0 Å². The lowest BCUT2D eigenvalue weighted by molar-refractivity contribution is -0.0105.